The van der Waals surface area contributed by atoms with Gasteiger partial charge in [-0.15, -0.1) is 0 Å². The SMILES string of the molecule is COC1OOC1c1ccc2ccc3cccc4ccc1c2c34. The molecule has 1 fully saturated rings. The minimum Gasteiger partial charge on any atom is -0.351 e. The van der Waals surface area contributed by atoms with Crippen LogP contribution in [0.2, 0.25) is 0 Å². The van der Waals surface area contributed by atoms with E-state index in [4.69, 9.17) is 14.5 Å². The van der Waals surface area contributed by atoms with Crippen molar-refractivity contribution in [3.05, 3.63) is 60.2 Å². The average Bonchev–Trinajstić information content (AvgIpc) is 2.53. The van der Waals surface area contributed by atoms with Crippen LogP contribution in [0.25, 0.3) is 32.3 Å². The molecule has 4 aromatic carbocycles. The minimum absolute atomic E-state index is 0.172. The maximum absolute atomic E-state index is 5.30. The molecule has 0 aromatic heterocycles. The topological polar surface area (TPSA) is 27.7 Å². The molecule has 0 radical (unpaired) electrons. The Labute approximate surface area is 127 Å². The fraction of sp³-hybridized carbons (Fsp3) is 0.158. The maximum Gasteiger partial charge on any atom is 0.225 e. The molecule has 1 aliphatic rings. The highest BCUT2D eigenvalue weighted by atomic mass is 17.3. The van der Waals surface area contributed by atoms with Crippen molar-refractivity contribution in [2.24, 2.45) is 0 Å². The van der Waals surface area contributed by atoms with Crippen LogP contribution in [0.4, 0.5) is 0 Å². The molecule has 4 aromatic rings. The molecule has 108 valence electrons. The van der Waals surface area contributed by atoms with Gasteiger partial charge in [-0.05, 0) is 37.9 Å². The Balaban J connectivity index is 1.89. The van der Waals surface area contributed by atoms with E-state index in [1.165, 1.54) is 32.3 Å². The van der Waals surface area contributed by atoms with Gasteiger partial charge in [0.15, 0.2) is 6.10 Å². The molecule has 1 aliphatic heterocycles. The van der Waals surface area contributed by atoms with Crippen molar-refractivity contribution in [3.63, 3.8) is 0 Å². The zero-order valence-electron chi connectivity index (χ0n) is 12.1. The van der Waals surface area contributed by atoms with Crippen molar-refractivity contribution in [3.8, 4) is 0 Å². The Bertz CT molecular complexity index is 974. The van der Waals surface area contributed by atoms with E-state index in [1.54, 1.807) is 7.11 Å². The summed E-state index contributed by atoms with van der Waals surface area (Å²) in [6.45, 7) is 0. The second-order valence-electron chi connectivity index (χ2n) is 5.73. The average molecular weight is 290 g/mol. The minimum atomic E-state index is -0.335. The normalized spacial score (nSPS) is 21.7. The Morgan fingerprint density at radius 3 is 2.14 bits per heavy atom. The summed E-state index contributed by atoms with van der Waals surface area (Å²) >= 11 is 0. The Hall–Kier alpha value is -2.20. The van der Waals surface area contributed by atoms with Gasteiger partial charge in [0.1, 0.15) is 0 Å². The summed E-state index contributed by atoms with van der Waals surface area (Å²) in [5.74, 6) is 0. The quantitative estimate of drug-likeness (QED) is 0.400. The van der Waals surface area contributed by atoms with Gasteiger partial charge in [-0.3, -0.25) is 0 Å². The number of benzene rings is 4. The van der Waals surface area contributed by atoms with E-state index in [2.05, 4.69) is 54.6 Å². The van der Waals surface area contributed by atoms with Crippen molar-refractivity contribution in [1.82, 2.24) is 0 Å². The fourth-order valence-electron chi connectivity index (χ4n) is 3.52. The standard InChI is InChI=1S/C19H14O3/c1-20-19-18(21-22-19)15-10-8-13-6-5-11-3-2-4-12-7-9-14(15)17(13)16(11)12/h2-10,18-19H,1H3. The lowest BCUT2D eigenvalue weighted by molar-refractivity contribution is -0.520. The van der Waals surface area contributed by atoms with E-state index in [-0.39, 0.29) is 12.4 Å². The van der Waals surface area contributed by atoms with Crippen molar-refractivity contribution in [2.75, 3.05) is 7.11 Å². The number of ether oxygens (including phenoxy) is 1. The highest BCUT2D eigenvalue weighted by Gasteiger charge is 2.37. The van der Waals surface area contributed by atoms with E-state index in [0.717, 1.165) is 5.56 Å². The van der Waals surface area contributed by atoms with Crippen molar-refractivity contribution in [2.45, 2.75) is 12.4 Å². The maximum atomic E-state index is 5.30. The number of methoxy groups -OCH3 is 1. The van der Waals surface area contributed by atoms with Crippen LogP contribution in [0.3, 0.4) is 0 Å². The molecule has 1 heterocycles. The van der Waals surface area contributed by atoms with E-state index >= 15 is 0 Å². The summed E-state index contributed by atoms with van der Waals surface area (Å²) in [6, 6.07) is 19.4. The highest BCUT2D eigenvalue weighted by molar-refractivity contribution is 6.23. The third kappa shape index (κ3) is 1.50. The van der Waals surface area contributed by atoms with Crippen molar-refractivity contribution in [1.29, 1.82) is 0 Å². The van der Waals surface area contributed by atoms with Gasteiger partial charge in [0, 0.05) is 7.11 Å². The summed E-state index contributed by atoms with van der Waals surface area (Å²) < 4.78 is 5.30. The molecule has 0 amide bonds. The first kappa shape index (κ1) is 12.4. The second-order valence-corrected chi connectivity index (χ2v) is 5.73. The Morgan fingerprint density at radius 2 is 1.45 bits per heavy atom. The van der Waals surface area contributed by atoms with Gasteiger partial charge in [0.2, 0.25) is 6.29 Å². The zero-order valence-corrected chi connectivity index (χ0v) is 12.1. The van der Waals surface area contributed by atoms with Gasteiger partial charge >= 0.3 is 0 Å². The first-order valence-corrected chi connectivity index (χ1v) is 7.38. The van der Waals surface area contributed by atoms with Crippen molar-refractivity contribution < 1.29 is 14.5 Å². The number of rotatable bonds is 2. The molecule has 1 saturated heterocycles. The predicted octanol–water partition coefficient (Wildman–Crippen LogP) is 4.56. The van der Waals surface area contributed by atoms with E-state index in [0.29, 0.717) is 0 Å². The van der Waals surface area contributed by atoms with Gasteiger partial charge < -0.3 is 4.74 Å². The molecule has 0 N–H and O–H groups in total. The van der Waals surface area contributed by atoms with Gasteiger partial charge in [-0.1, -0.05) is 54.6 Å². The smallest absolute Gasteiger partial charge is 0.225 e. The number of hydrogen-bond donors (Lipinski definition) is 0. The third-order valence-corrected chi connectivity index (χ3v) is 4.60. The van der Waals surface area contributed by atoms with Crippen LogP contribution in [-0.4, -0.2) is 13.4 Å². The van der Waals surface area contributed by atoms with E-state index in [1.807, 2.05) is 0 Å². The lowest BCUT2D eigenvalue weighted by atomic mass is 9.90. The summed E-state index contributed by atoms with van der Waals surface area (Å²) in [6.07, 6.45) is -0.506. The Morgan fingerprint density at radius 1 is 0.773 bits per heavy atom. The van der Waals surface area contributed by atoms with Crippen molar-refractivity contribution >= 4 is 32.3 Å². The second kappa shape index (κ2) is 4.40. The monoisotopic (exact) mass is 290 g/mol. The summed E-state index contributed by atoms with van der Waals surface area (Å²) in [7, 11) is 1.64. The van der Waals surface area contributed by atoms with E-state index < -0.39 is 0 Å². The van der Waals surface area contributed by atoms with Gasteiger partial charge in [0.05, 0.1) is 0 Å². The van der Waals surface area contributed by atoms with Gasteiger partial charge in [-0.25, -0.2) is 9.78 Å². The molecule has 2 atom stereocenters. The fourth-order valence-corrected chi connectivity index (χ4v) is 3.52. The van der Waals surface area contributed by atoms with Crippen LogP contribution in [0.1, 0.15) is 11.7 Å². The van der Waals surface area contributed by atoms with Crippen LogP contribution in [0, 0.1) is 0 Å². The zero-order chi connectivity index (χ0) is 14.7. The molecule has 0 saturated carbocycles. The first-order chi connectivity index (χ1) is 10.9. The molecular weight excluding hydrogens is 276 g/mol. The van der Waals surface area contributed by atoms with E-state index in [9.17, 15) is 0 Å². The van der Waals surface area contributed by atoms with Gasteiger partial charge in [0.25, 0.3) is 0 Å². The van der Waals surface area contributed by atoms with Crippen LogP contribution >= 0.6 is 0 Å². The molecule has 0 spiro atoms. The largest absolute Gasteiger partial charge is 0.351 e. The lowest BCUT2D eigenvalue weighted by Gasteiger charge is -2.34. The molecule has 3 heteroatoms. The molecule has 2 unspecified atom stereocenters. The summed E-state index contributed by atoms with van der Waals surface area (Å²) in [5, 5.41) is 7.59. The summed E-state index contributed by atoms with van der Waals surface area (Å²) in [4.78, 5) is 10.3. The number of hydrogen-bond acceptors (Lipinski definition) is 3. The predicted molar refractivity (Wildman–Crippen MR) is 85.9 cm³/mol. The molecule has 0 bridgehead atoms. The molecule has 22 heavy (non-hydrogen) atoms. The van der Waals surface area contributed by atoms with Gasteiger partial charge in [-0.2, -0.15) is 0 Å². The molecule has 5 rings (SSSR count). The van der Waals surface area contributed by atoms with Crippen LogP contribution in [-0.2, 0) is 14.5 Å². The molecular formula is C19H14O3. The van der Waals surface area contributed by atoms with Crippen LogP contribution in [0.5, 0.6) is 0 Å². The summed E-state index contributed by atoms with van der Waals surface area (Å²) in [5.41, 5.74) is 1.11. The first-order valence-electron chi connectivity index (χ1n) is 7.38. The molecule has 0 aliphatic carbocycles. The highest BCUT2D eigenvalue weighted by Crippen LogP contribution is 2.41. The lowest BCUT2D eigenvalue weighted by Crippen LogP contribution is -2.36. The third-order valence-electron chi connectivity index (χ3n) is 4.60. The molecule has 3 nitrogen and oxygen atoms in total. The van der Waals surface area contributed by atoms with Crippen LogP contribution in [0.15, 0.2) is 54.6 Å². The van der Waals surface area contributed by atoms with Crippen LogP contribution < -0.4 is 0 Å². The Kier molecular flexibility index (Phi) is 2.47.